The zero-order valence-electron chi connectivity index (χ0n) is 11.7. The van der Waals surface area contributed by atoms with Crippen LogP contribution in [0.3, 0.4) is 0 Å². The first-order chi connectivity index (χ1) is 10.1. The van der Waals surface area contributed by atoms with Crippen LogP contribution in [0.2, 0.25) is 0 Å². The molecular formula is C15H15BrN2O3. The maximum absolute atomic E-state index is 11.6. The molecule has 1 amide bonds. The lowest BCUT2D eigenvalue weighted by Gasteiger charge is -2.11. The molecule has 1 aromatic heterocycles. The van der Waals surface area contributed by atoms with Gasteiger partial charge < -0.3 is 9.15 Å². The van der Waals surface area contributed by atoms with E-state index in [1.807, 2.05) is 26.0 Å². The molecule has 0 aliphatic heterocycles. The van der Waals surface area contributed by atoms with Crippen molar-refractivity contribution >= 4 is 28.1 Å². The third kappa shape index (κ3) is 4.46. The van der Waals surface area contributed by atoms with Gasteiger partial charge in [0.2, 0.25) is 0 Å². The summed E-state index contributed by atoms with van der Waals surface area (Å²) in [5.41, 5.74) is 4.31. The SMILES string of the molecule is Cc1cc(Br)cc(C)c1OCC(=O)N/N=C/c1ccco1. The van der Waals surface area contributed by atoms with E-state index in [-0.39, 0.29) is 12.5 Å². The number of hydrogen-bond acceptors (Lipinski definition) is 4. The van der Waals surface area contributed by atoms with Gasteiger partial charge in [0, 0.05) is 4.47 Å². The maximum atomic E-state index is 11.6. The molecule has 2 aromatic rings. The normalized spacial score (nSPS) is 10.8. The molecule has 0 radical (unpaired) electrons. The fourth-order valence-electron chi connectivity index (χ4n) is 1.83. The van der Waals surface area contributed by atoms with Gasteiger partial charge in [0.05, 0.1) is 12.5 Å². The smallest absolute Gasteiger partial charge is 0.277 e. The van der Waals surface area contributed by atoms with Crippen molar-refractivity contribution in [3.05, 3.63) is 51.9 Å². The highest BCUT2D eigenvalue weighted by Crippen LogP contribution is 2.27. The van der Waals surface area contributed by atoms with Gasteiger partial charge in [-0.3, -0.25) is 4.79 Å². The average molecular weight is 351 g/mol. The topological polar surface area (TPSA) is 63.8 Å². The Bertz CT molecular complexity index is 628. The molecule has 0 saturated heterocycles. The molecule has 5 nitrogen and oxygen atoms in total. The van der Waals surface area contributed by atoms with Crippen molar-refractivity contribution in [1.82, 2.24) is 5.43 Å². The number of ether oxygens (including phenoxy) is 1. The summed E-state index contributed by atoms with van der Waals surface area (Å²) >= 11 is 3.42. The first kappa shape index (κ1) is 15.3. The molecule has 1 aromatic carbocycles. The molecule has 0 bridgehead atoms. The van der Waals surface area contributed by atoms with E-state index in [1.165, 1.54) is 12.5 Å². The van der Waals surface area contributed by atoms with E-state index in [4.69, 9.17) is 9.15 Å². The number of hydrogen-bond donors (Lipinski definition) is 1. The predicted octanol–water partition coefficient (Wildman–Crippen LogP) is 3.19. The second kappa shape index (κ2) is 7.08. The second-order valence-electron chi connectivity index (χ2n) is 4.47. The zero-order chi connectivity index (χ0) is 15.2. The number of aryl methyl sites for hydroxylation is 2. The van der Waals surface area contributed by atoms with E-state index in [0.29, 0.717) is 11.5 Å². The number of hydrazone groups is 1. The number of carbonyl (C=O) groups excluding carboxylic acids is 1. The van der Waals surface area contributed by atoms with Crippen molar-refractivity contribution < 1.29 is 13.9 Å². The predicted molar refractivity (Wildman–Crippen MR) is 83.6 cm³/mol. The number of amides is 1. The summed E-state index contributed by atoms with van der Waals surface area (Å²) in [6.45, 7) is 3.76. The van der Waals surface area contributed by atoms with Crippen LogP contribution >= 0.6 is 15.9 Å². The third-order valence-electron chi connectivity index (χ3n) is 2.70. The summed E-state index contributed by atoms with van der Waals surface area (Å²) in [6, 6.07) is 7.36. The minimum absolute atomic E-state index is 0.0984. The van der Waals surface area contributed by atoms with E-state index < -0.39 is 0 Å². The summed E-state index contributed by atoms with van der Waals surface area (Å²) < 4.78 is 11.6. The molecule has 1 N–H and O–H groups in total. The van der Waals surface area contributed by atoms with Crippen LogP contribution in [0.25, 0.3) is 0 Å². The van der Waals surface area contributed by atoms with Crippen LogP contribution < -0.4 is 10.2 Å². The van der Waals surface area contributed by atoms with Crippen LogP contribution in [0.4, 0.5) is 0 Å². The number of nitrogens with zero attached hydrogens (tertiary/aromatic N) is 1. The second-order valence-corrected chi connectivity index (χ2v) is 5.38. The van der Waals surface area contributed by atoms with Gasteiger partial charge >= 0.3 is 0 Å². The van der Waals surface area contributed by atoms with Crippen molar-refractivity contribution in [3.8, 4) is 5.75 Å². The molecule has 21 heavy (non-hydrogen) atoms. The zero-order valence-corrected chi connectivity index (χ0v) is 13.3. The lowest BCUT2D eigenvalue weighted by molar-refractivity contribution is -0.123. The lowest BCUT2D eigenvalue weighted by atomic mass is 10.1. The largest absolute Gasteiger partial charge is 0.483 e. The van der Waals surface area contributed by atoms with Crippen LogP contribution in [0.15, 0.2) is 44.5 Å². The van der Waals surface area contributed by atoms with Crippen LogP contribution in [0.5, 0.6) is 5.75 Å². The maximum Gasteiger partial charge on any atom is 0.277 e. The molecule has 0 atom stereocenters. The van der Waals surface area contributed by atoms with Crippen molar-refractivity contribution in [1.29, 1.82) is 0 Å². The Kier molecular flexibility index (Phi) is 5.16. The lowest BCUT2D eigenvalue weighted by Crippen LogP contribution is -2.25. The average Bonchev–Trinajstić information content (AvgIpc) is 2.90. The molecule has 0 unspecified atom stereocenters. The number of benzene rings is 1. The standard InChI is InChI=1S/C15H15BrN2O3/c1-10-6-12(16)7-11(2)15(10)21-9-14(19)18-17-8-13-4-3-5-20-13/h3-8H,9H2,1-2H3,(H,18,19)/b17-8+. The molecule has 0 aliphatic rings. The van der Waals surface area contributed by atoms with Crippen LogP contribution in [0.1, 0.15) is 16.9 Å². The fourth-order valence-corrected chi connectivity index (χ4v) is 2.51. The van der Waals surface area contributed by atoms with Gasteiger partial charge in [-0.2, -0.15) is 5.10 Å². The molecule has 0 spiro atoms. The Morgan fingerprint density at radius 3 is 2.76 bits per heavy atom. The molecule has 2 rings (SSSR count). The highest BCUT2D eigenvalue weighted by Gasteiger charge is 2.08. The van der Waals surface area contributed by atoms with E-state index >= 15 is 0 Å². The minimum Gasteiger partial charge on any atom is -0.483 e. The molecule has 6 heteroatoms. The number of carbonyl (C=O) groups is 1. The van der Waals surface area contributed by atoms with Crippen molar-refractivity contribution in [2.45, 2.75) is 13.8 Å². The highest BCUT2D eigenvalue weighted by atomic mass is 79.9. The number of rotatable bonds is 5. The Labute approximate surface area is 131 Å². The first-order valence-corrected chi connectivity index (χ1v) is 7.10. The van der Waals surface area contributed by atoms with Crippen molar-refractivity contribution in [3.63, 3.8) is 0 Å². The van der Waals surface area contributed by atoms with Gasteiger partial charge in [0.15, 0.2) is 6.61 Å². The van der Waals surface area contributed by atoms with Crippen LogP contribution in [-0.2, 0) is 4.79 Å². The van der Waals surface area contributed by atoms with Gasteiger partial charge in [-0.05, 0) is 49.2 Å². The Hall–Kier alpha value is -2.08. The number of nitrogens with one attached hydrogen (secondary N) is 1. The summed E-state index contributed by atoms with van der Waals surface area (Å²) in [5.74, 6) is 0.943. The van der Waals surface area contributed by atoms with Crippen molar-refractivity contribution in [2.75, 3.05) is 6.61 Å². The van der Waals surface area contributed by atoms with Gasteiger partial charge in [0.1, 0.15) is 11.5 Å². The minimum atomic E-state index is -0.334. The third-order valence-corrected chi connectivity index (χ3v) is 3.15. The van der Waals surface area contributed by atoms with Gasteiger partial charge in [-0.15, -0.1) is 0 Å². The quantitative estimate of drug-likeness (QED) is 0.665. The van der Waals surface area contributed by atoms with Crippen molar-refractivity contribution in [2.24, 2.45) is 5.10 Å². The fraction of sp³-hybridized carbons (Fsp3) is 0.200. The van der Waals surface area contributed by atoms with Crippen LogP contribution in [0, 0.1) is 13.8 Å². The Morgan fingerprint density at radius 2 is 2.14 bits per heavy atom. The molecule has 0 saturated carbocycles. The Morgan fingerprint density at radius 1 is 1.43 bits per heavy atom. The molecule has 0 fully saturated rings. The first-order valence-electron chi connectivity index (χ1n) is 6.31. The summed E-state index contributed by atoms with van der Waals surface area (Å²) in [6.07, 6.45) is 2.96. The van der Waals surface area contributed by atoms with Gasteiger partial charge in [-0.1, -0.05) is 15.9 Å². The Balaban J connectivity index is 1.87. The van der Waals surface area contributed by atoms with Crippen LogP contribution in [-0.4, -0.2) is 18.7 Å². The van der Waals surface area contributed by atoms with E-state index in [9.17, 15) is 4.79 Å². The molecule has 1 heterocycles. The molecular weight excluding hydrogens is 336 g/mol. The van der Waals surface area contributed by atoms with Gasteiger partial charge in [-0.25, -0.2) is 5.43 Å². The van der Waals surface area contributed by atoms with Gasteiger partial charge in [0.25, 0.3) is 5.91 Å². The molecule has 0 aliphatic carbocycles. The van der Waals surface area contributed by atoms with E-state index in [1.54, 1.807) is 12.1 Å². The monoisotopic (exact) mass is 350 g/mol. The van der Waals surface area contributed by atoms with E-state index in [0.717, 1.165) is 15.6 Å². The summed E-state index contributed by atoms with van der Waals surface area (Å²) in [5, 5.41) is 3.78. The summed E-state index contributed by atoms with van der Waals surface area (Å²) in [4.78, 5) is 11.6. The van der Waals surface area contributed by atoms with E-state index in [2.05, 4.69) is 26.5 Å². The highest BCUT2D eigenvalue weighted by molar-refractivity contribution is 9.10. The molecule has 110 valence electrons. The number of halogens is 1. The summed E-state index contributed by atoms with van der Waals surface area (Å²) in [7, 11) is 0. The number of furan rings is 1.